The molecule has 1 aliphatic rings. The van der Waals surface area contributed by atoms with E-state index in [1.807, 2.05) is 0 Å². The maximum absolute atomic E-state index is 6.01. The van der Waals surface area contributed by atoms with Crippen LogP contribution >= 0.6 is 0 Å². The Bertz CT molecular complexity index is 350. The second-order valence-electron chi connectivity index (χ2n) is 4.85. The first kappa shape index (κ1) is 10.5. The number of nitrogen functional groups attached to an aromatic ring is 1. The van der Waals surface area contributed by atoms with Gasteiger partial charge in [0, 0.05) is 17.6 Å². The molecule has 1 aromatic carbocycles. The lowest BCUT2D eigenvalue weighted by atomic mass is 9.64. The molecule has 0 aromatic heterocycles. The SMILES string of the molecule is Cc1cc(C2(CN)CCC2)cc(N)c1C. The van der Waals surface area contributed by atoms with Crippen molar-refractivity contribution < 1.29 is 0 Å². The molecule has 15 heavy (non-hydrogen) atoms. The standard InChI is InChI=1S/C13H20N2/c1-9-6-11(7-12(15)10(9)2)13(8-14)4-3-5-13/h6-7H,3-5,8,14-15H2,1-2H3. The lowest BCUT2D eigenvalue weighted by Gasteiger charge is -2.42. The molecule has 2 nitrogen and oxygen atoms in total. The summed E-state index contributed by atoms with van der Waals surface area (Å²) in [5.74, 6) is 0. The van der Waals surface area contributed by atoms with Crippen LogP contribution in [0.25, 0.3) is 0 Å². The van der Waals surface area contributed by atoms with Crippen LogP contribution in [0, 0.1) is 13.8 Å². The Hall–Kier alpha value is -1.02. The molecule has 0 unspecified atom stereocenters. The smallest absolute Gasteiger partial charge is 0.0349 e. The fourth-order valence-electron chi connectivity index (χ4n) is 2.41. The highest BCUT2D eigenvalue weighted by molar-refractivity contribution is 5.54. The molecular formula is C13H20N2. The van der Waals surface area contributed by atoms with Gasteiger partial charge in [-0.1, -0.05) is 12.5 Å². The van der Waals surface area contributed by atoms with Crippen LogP contribution in [-0.2, 0) is 5.41 Å². The summed E-state index contributed by atoms with van der Waals surface area (Å²) in [5, 5.41) is 0. The molecule has 2 rings (SSSR count). The first-order valence-corrected chi connectivity index (χ1v) is 5.66. The second kappa shape index (κ2) is 3.53. The highest BCUT2D eigenvalue weighted by atomic mass is 14.6. The van der Waals surface area contributed by atoms with Gasteiger partial charge in [0.2, 0.25) is 0 Å². The third-order valence-electron chi connectivity index (χ3n) is 4.02. The van der Waals surface area contributed by atoms with Crippen LogP contribution in [0.5, 0.6) is 0 Å². The Morgan fingerprint density at radius 1 is 1.27 bits per heavy atom. The van der Waals surface area contributed by atoms with Crippen molar-refractivity contribution in [2.45, 2.75) is 38.5 Å². The van der Waals surface area contributed by atoms with Crippen LogP contribution in [-0.4, -0.2) is 6.54 Å². The molecule has 0 spiro atoms. The van der Waals surface area contributed by atoms with E-state index < -0.39 is 0 Å². The van der Waals surface area contributed by atoms with E-state index in [0.717, 1.165) is 12.2 Å². The van der Waals surface area contributed by atoms with Crippen LogP contribution in [0.4, 0.5) is 5.69 Å². The molecular weight excluding hydrogens is 184 g/mol. The van der Waals surface area contributed by atoms with E-state index in [9.17, 15) is 0 Å². The first-order valence-electron chi connectivity index (χ1n) is 5.66. The van der Waals surface area contributed by atoms with Gasteiger partial charge in [0.1, 0.15) is 0 Å². The Morgan fingerprint density at radius 2 is 1.93 bits per heavy atom. The van der Waals surface area contributed by atoms with E-state index in [1.54, 1.807) is 0 Å². The molecule has 0 bridgehead atoms. The Balaban J connectivity index is 2.45. The minimum absolute atomic E-state index is 0.229. The second-order valence-corrected chi connectivity index (χ2v) is 4.85. The molecule has 2 heteroatoms. The molecule has 1 fully saturated rings. The average molecular weight is 204 g/mol. The molecule has 0 heterocycles. The summed E-state index contributed by atoms with van der Waals surface area (Å²) in [6, 6.07) is 4.38. The Kier molecular flexibility index (Phi) is 2.47. The zero-order valence-electron chi connectivity index (χ0n) is 9.64. The monoisotopic (exact) mass is 204 g/mol. The van der Waals surface area contributed by atoms with Gasteiger partial charge in [-0.15, -0.1) is 0 Å². The van der Waals surface area contributed by atoms with Gasteiger partial charge in [-0.05, 0) is 49.4 Å². The van der Waals surface area contributed by atoms with Crippen LogP contribution in [0.2, 0.25) is 0 Å². The third kappa shape index (κ3) is 1.53. The number of hydrogen-bond donors (Lipinski definition) is 2. The van der Waals surface area contributed by atoms with Crippen molar-refractivity contribution in [2.24, 2.45) is 5.73 Å². The van der Waals surface area contributed by atoms with Crippen molar-refractivity contribution in [3.63, 3.8) is 0 Å². The number of benzene rings is 1. The molecule has 0 saturated heterocycles. The van der Waals surface area contributed by atoms with Crippen molar-refractivity contribution >= 4 is 5.69 Å². The largest absolute Gasteiger partial charge is 0.398 e. The summed E-state index contributed by atoms with van der Waals surface area (Å²) in [4.78, 5) is 0. The van der Waals surface area contributed by atoms with E-state index in [4.69, 9.17) is 11.5 Å². The predicted octanol–water partition coefficient (Wildman–Crippen LogP) is 2.27. The van der Waals surface area contributed by atoms with Crippen LogP contribution in [0.1, 0.15) is 36.0 Å². The average Bonchev–Trinajstić information content (AvgIpc) is 2.13. The lowest BCUT2D eigenvalue weighted by Crippen LogP contribution is -2.41. The highest BCUT2D eigenvalue weighted by Crippen LogP contribution is 2.43. The summed E-state index contributed by atoms with van der Waals surface area (Å²) in [7, 11) is 0. The van der Waals surface area contributed by atoms with Gasteiger partial charge in [0.25, 0.3) is 0 Å². The van der Waals surface area contributed by atoms with Crippen molar-refractivity contribution in [3.8, 4) is 0 Å². The summed E-state index contributed by atoms with van der Waals surface area (Å²) >= 11 is 0. The maximum atomic E-state index is 6.01. The summed E-state index contributed by atoms with van der Waals surface area (Å²) in [6.07, 6.45) is 3.72. The van der Waals surface area contributed by atoms with Gasteiger partial charge in [-0.3, -0.25) is 0 Å². The Labute approximate surface area is 91.7 Å². The predicted molar refractivity (Wildman–Crippen MR) is 64.9 cm³/mol. The van der Waals surface area contributed by atoms with Gasteiger partial charge in [0.15, 0.2) is 0 Å². The maximum Gasteiger partial charge on any atom is 0.0349 e. The van der Waals surface area contributed by atoms with Gasteiger partial charge < -0.3 is 11.5 Å². The molecule has 0 amide bonds. The molecule has 82 valence electrons. The normalized spacial score (nSPS) is 18.6. The minimum atomic E-state index is 0.229. The summed E-state index contributed by atoms with van der Waals surface area (Å²) in [6.45, 7) is 4.94. The molecule has 0 radical (unpaired) electrons. The van der Waals surface area contributed by atoms with Crippen LogP contribution < -0.4 is 11.5 Å². The first-order chi connectivity index (χ1) is 7.09. The number of anilines is 1. The lowest BCUT2D eigenvalue weighted by molar-refractivity contribution is 0.253. The van der Waals surface area contributed by atoms with E-state index in [2.05, 4.69) is 26.0 Å². The van der Waals surface area contributed by atoms with Crippen LogP contribution in [0.15, 0.2) is 12.1 Å². The molecule has 1 aromatic rings. The molecule has 4 N–H and O–H groups in total. The number of hydrogen-bond acceptors (Lipinski definition) is 2. The van der Waals surface area contributed by atoms with E-state index in [1.165, 1.54) is 36.0 Å². The molecule has 0 aliphatic heterocycles. The van der Waals surface area contributed by atoms with E-state index in [0.29, 0.717) is 0 Å². The Morgan fingerprint density at radius 3 is 2.33 bits per heavy atom. The topological polar surface area (TPSA) is 52.0 Å². The fourth-order valence-corrected chi connectivity index (χ4v) is 2.41. The van der Waals surface area contributed by atoms with Crippen molar-refractivity contribution in [1.29, 1.82) is 0 Å². The van der Waals surface area contributed by atoms with E-state index in [-0.39, 0.29) is 5.41 Å². The van der Waals surface area contributed by atoms with Gasteiger partial charge in [0.05, 0.1) is 0 Å². The summed E-state index contributed by atoms with van der Waals surface area (Å²) in [5.41, 5.74) is 16.9. The van der Waals surface area contributed by atoms with Crippen LogP contribution in [0.3, 0.4) is 0 Å². The molecule has 0 atom stereocenters. The fraction of sp³-hybridized carbons (Fsp3) is 0.538. The highest BCUT2D eigenvalue weighted by Gasteiger charge is 2.37. The van der Waals surface area contributed by atoms with Gasteiger partial charge in [-0.2, -0.15) is 0 Å². The molecule has 1 aliphatic carbocycles. The van der Waals surface area contributed by atoms with E-state index >= 15 is 0 Å². The van der Waals surface area contributed by atoms with Gasteiger partial charge in [-0.25, -0.2) is 0 Å². The zero-order valence-corrected chi connectivity index (χ0v) is 9.64. The summed E-state index contributed by atoms with van der Waals surface area (Å²) < 4.78 is 0. The van der Waals surface area contributed by atoms with Gasteiger partial charge >= 0.3 is 0 Å². The zero-order chi connectivity index (χ0) is 11.1. The quantitative estimate of drug-likeness (QED) is 0.726. The van der Waals surface area contributed by atoms with Crippen molar-refractivity contribution in [3.05, 3.63) is 28.8 Å². The van der Waals surface area contributed by atoms with Crippen molar-refractivity contribution in [2.75, 3.05) is 12.3 Å². The van der Waals surface area contributed by atoms with Crippen molar-refractivity contribution in [1.82, 2.24) is 0 Å². The molecule has 1 saturated carbocycles. The minimum Gasteiger partial charge on any atom is -0.398 e. The third-order valence-corrected chi connectivity index (χ3v) is 4.02. The number of aryl methyl sites for hydroxylation is 1. The number of nitrogens with two attached hydrogens (primary N) is 2. The number of rotatable bonds is 2.